The Kier molecular flexibility index (Phi) is 180. The molecule has 0 amide bonds. The van der Waals surface area contributed by atoms with E-state index >= 15 is 0 Å². The van der Waals surface area contributed by atoms with Gasteiger partial charge in [-0.15, -0.1) is 6.58 Å². The minimum absolute atomic E-state index is 1.02. The normalized spacial score (nSPS) is 4.57. The lowest BCUT2D eigenvalue weighted by Gasteiger charge is -1.71. The molecule has 0 nitrogen and oxygen atoms in total. The molecule has 0 aromatic rings. The van der Waals surface area contributed by atoms with Crippen LogP contribution < -0.4 is 0 Å². The van der Waals surface area contributed by atoms with Gasteiger partial charge in [-0.1, -0.05) is 72.4 Å². The molecule has 0 spiro atoms. The maximum atomic E-state index is 3.56. The summed E-state index contributed by atoms with van der Waals surface area (Å²) in [5.74, 6) is 0. The predicted molar refractivity (Wildman–Crippen MR) is 74.9 cm³/mol. The van der Waals surface area contributed by atoms with Crippen molar-refractivity contribution < 1.29 is 0 Å². The van der Waals surface area contributed by atoms with Crippen molar-refractivity contribution in [1.29, 1.82) is 0 Å². The molecule has 0 aliphatic rings. The van der Waals surface area contributed by atoms with Gasteiger partial charge in [0.2, 0.25) is 0 Å². The van der Waals surface area contributed by atoms with Crippen LogP contribution in [0.5, 0.6) is 0 Å². The largest absolute Gasteiger partial charge is 0.103 e. The first kappa shape index (κ1) is 29.2. The number of rotatable bonds is 1. The first-order chi connectivity index (χ1) is 6.68. The Morgan fingerprint density at radius 2 is 0.929 bits per heavy atom. The summed E-state index contributed by atoms with van der Waals surface area (Å²) in [6, 6.07) is 0. The van der Waals surface area contributed by atoms with Gasteiger partial charge in [-0.05, 0) is 13.8 Å². The zero-order chi connectivity index (χ0) is 13.0. The van der Waals surface area contributed by atoms with Crippen molar-refractivity contribution in [3.8, 4) is 0 Å². The lowest BCUT2D eigenvalue weighted by atomic mass is 10.4. The zero-order valence-corrected chi connectivity index (χ0v) is 11.8. The Hall–Kier alpha value is -0.780. The van der Waals surface area contributed by atoms with Gasteiger partial charge in [-0.25, -0.2) is 0 Å². The molecule has 0 N–H and O–H groups in total. The first-order valence-electron chi connectivity index (χ1n) is 5.54. The van der Waals surface area contributed by atoms with E-state index in [1.807, 2.05) is 55.4 Å². The minimum Gasteiger partial charge on any atom is -0.103 e. The molecule has 0 saturated carbocycles. The van der Waals surface area contributed by atoms with Crippen LogP contribution in [0.4, 0.5) is 0 Å². The monoisotopic (exact) mass is 200 g/mol. The highest BCUT2D eigenvalue weighted by Crippen LogP contribution is 1.81. The van der Waals surface area contributed by atoms with E-state index in [2.05, 4.69) is 19.7 Å². The molecule has 0 aliphatic heterocycles. The number of hydrogen-bond acceptors (Lipinski definition) is 0. The molecule has 0 atom stereocenters. The molecule has 0 aliphatic carbocycles. The fraction of sp³-hybridized carbons (Fsp3) is 0.571. The molecule has 0 aromatic heterocycles. The molecule has 0 saturated heterocycles. The van der Waals surface area contributed by atoms with E-state index in [1.54, 1.807) is 12.2 Å². The van der Waals surface area contributed by atoms with Crippen molar-refractivity contribution in [2.75, 3.05) is 0 Å². The average Bonchev–Trinajstić information content (AvgIpc) is 2.27. The van der Waals surface area contributed by atoms with E-state index in [-0.39, 0.29) is 0 Å². The highest BCUT2D eigenvalue weighted by molar-refractivity contribution is 5.05. The van der Waals surface area contributed by atoms with E-state index in [9.17, 15) is 0 Å². The minimum atomic E-state index is 1.02. The second-order valence-electron chi connectivity index (χ2n) is 1.46. The molecule has 0 fully saturated rings. The summed E-state index contributed by atoms with van der Waals surface area (Å²) >= 11 is 0. The third kappa shape index (κ3) is 787. The van der Waals surface area contributed by atoms with Crippen molar-refractivity contribution in [3.05, 3.63) is 37.5 Å². The SMILES string of the molecule is C=CC.C=CC(=C)C.CC.CC.CC. The average molecular weight is 200 g/mol. The second-order valence-corrected chi connectivity index (χ2v) is 1.46. The summed E-state index contributed by atoms with van der Waals surface area (Å²) in [6.07, 6.45) is 3.47. The Morgan fingerprint density at radius 3 is 0.929 bits per heavy atom. The molecule has 0 rings (SSSR count). The highest BCUT2D eigenvalue weighted by atomic mass is 13.7. The van der Waals surface area contributed by atoms with Crippen LogP contribution >= 0.6 is 0 Å². The lowest BCUT2D eigenvalue weighted by molar-refractivity contribution is 1.50. The third-order valence-corrected chi connectivity index (χ3v) is 0.348. The summed E-state index contributed by atoms with van der Waals surface area (Å²) in [4.78, 5) is 0. The van der Waals surface area contributed by atoms with Crippen LogP contribution in [-0.2, 0) is 0 Å². The van der Waals surface area contributed by atoms with Crippen LogP contribution in [0.25, 0.3) is 0 Å². The summed E-state index contributed by atoms with van der Waals surface area (Å²) in [5, 5.41) is 0. The lowest BCUT2D eigenvalue weighted by Crippen LogP contribution is -1.50. The standard InChI is InChI=1S/C5H8.C3H6.3C2H6/c1-4-5(2)3;1-3-2;3*1-2/h4H,1-2H2,3H3;3H,1H2,2H3;3*1-2H3. The molecule has 14 heavy (non-hydrogen) atoms. The molecule has 0 bridgehead atoms. The summed E-state index contributed by atoms with van der Waals surface area (Å²) in [5.41, 5.74) is 1.02. The van der Waals surface area contributed by atoms with Gasteiger partial charge in [-0.2, -0.15) is 0 Å². The van der Waals surface area contributed by atoms with Crippen molar-refractivity contribution in [1.82, 2.24) is 0 Å². The van der Waals surface area contributed by atoms with E-state index < -0.39 is 0 Å². The molecule has 88 valence electrons. The van der Waals surface area contributed by atoms with Gasteiger partial charge in [0.15, 0.2) is 0 Å². The Balaban J connectivity index is -0.0000000263. The van der Waals surface area contributed by atoms with E-state index in [1.165, 1.54) is 0 Å². The van der Waals surface area contributed by atoms with Crippen LogP contribution in [-0.4, -0.2) is 0 Å². The van der Waals surface area contributed by atoms with Crippen LogP contribution in [0, 0.1) is 0 Å². The molecular formula is C14H32. The van der Waals surface area contributed by atoms with Gasteiger partial charge >= 0.3 is 0 Å². The van der Waals surface area contributed by atoms with Crippen molar-refractivity contribution in [2.24, 2.45) is 0 Å². The maximum Gasteiger partial charge on any atom is -0.0404 e. The molecule has 0 unspecified atom stereocenters. The van der Waals surface area contributed by atoms with Crippen molar-refractivity contribution >= 4 is 0 Å². The molecule has 0 heteroatoms. The van der Waals surface area contributed by atoms with Gasteiger partial charge in [-0.3, -0.25) is 0 Å². The topological polar surface area (TPSA) is 0 Å². The highest BCUT2D eigenvalue weighted by Gasteiger charge is 1.59. The molecule has 0 radical (unpaired) electrons. The Morgan fingerprint density at radius 1 is 0.857 bits per heavy atom. The summed E-state index contributed by atoms with van der Waals surface area (Å²) in [6.45, 7) is 26.2. The number of allylic oxidation sites excluding steroid dienone is 3. The van der Waals surface area contributed by atoms with Crippen LogP contribution in [0.3, 0.4) is 0 Å². The van der Waals surface area contributed by atoms with Crippen LogP contribution in [0.15, 0.2) is 37.5 Å². The molecule has 0 aromatic carbocycles. The Bertz CT molecular complexity index is 78.0. The van der Waals surface area contributed by atoms with Crippen LogP contribution in [0.1, 0.15) is 55.4 Å². The second kappa shape index (κ2) is 86.4. The Labute approximate surface area is 93.4 Å². The fourth-order valence-corrected chi connectivity index (χ4v) is 0. The summed E-state index contributed by atoms with van der Waals surface area (Å²) < 4.78 is 0. The summed E-state index contributed by atoms with van der Waals surface area (Å²) in [7, 11) is 0. The van der Waals surface area contributed by atoms with Crippen LogP contribution in [0.2, 0.25) is 0 Å². The molecular weight excluding hydrogens is 168 g/mol. The van der Waals surface area contributed by atoms with E-state index in [0.29, 0.717) is 0 Å². The predicted octanol–water partition coefficient (Wildman–Crippen LogP) is 6.02. The molecule has 0 heterocycles. The third-order valence-electron chi connectivity index (χ3n) is 0.348. The smallest absolute Gasteiger partial charge is 0.0404 e. The van der Waals surface area contributed by atoms with Crippen molar-refractivity contribution in [2.45, 2.75) is 55.4 Å². The van der Waals surface area contributed by atoms with Gasteiger partial charge in [0.05, 0.1) is 0 Å². The fourth-order valence-electron chi connectivity index (χ4n) is 0. The van der Waals surface area contributed by atoms with Crippen molar-refractivity contribution in [3.63, 3.8) is 0 Å². The van der Waals surface area contributed by atoms with E-state index in [4.69, 9.17) is 0 Å². The number of hydrogen-bond donors (Lipinski definition) is 0. The van der Waals surface area contributed by atoms with Gasteiger partial charge in [0.25, 0.3) is 0 Å². The van der Waals surface area contributed by atoms with Gasteiger partial charge < -0.3 is 0 Å². The quantitative estimate of drug-likeness (QED) is 0.358. The zero-order valence-electron chi connectivity index (χ0n) is 11.8. The van der Waals surface area contributed by atoms with E-state index in [0.717, 1.165) is 5.57 Å². The van der Waals surface area contributed by atoms with Gasteiger partial charge in [0.1, 0.15) is 0 Å². The maximum absolute atomic E-state index is 3.56. The first-order valence-corrected chi connectivity index (χ1v) is 5.54. The van der Waals surface area contributed by atoms with Gasteiger partial charge in [0, 0.05) is 0 Å².